The number of hydrogen-bond donors (Lipinski definition) is 3. The number of anilines is 1. The Morgan fingerprint density at radius 3 is 2.47 bits per heavy atom. The number of halogens is 2. The highest BCUT2D eigenvalue weighted by atomic mass is 35.5. The Morgan fingerprint density at radius 2 is 1.88 bits per heavy atom. The molecule has 32 heavy (non-hydrogen) atoms. The van der Waals surface area contributed by atoms with Crippen LogP contribution in [0.25, 0.3) is 0 Å². The lowest BCUT2D eigenvalue weighted by Crippen LogP contribution is -2.65. The zero-order chi connectivity index (χ0) is 23.4. The number of fused-ring (bicyclic) bond motifs is 2. The lowest BCUT2D eigenvalue weighted by Gasteiger charge is -2.61. The number of aliphatic hydroxyl groups is 2. The third kappa shape index (κ3) is 3.73. The van der Waals surface area contributed by atoms with Crippen molar-refractivity contribution in [2.45, 2.75) is 49.0 Å². The Labute approximate surface area is 191 Å². The van der Waals surface area contributed by atoms with E-state index >= 15 is 0 Å². The summed E-state index contributed by atoms with van der Waals surface area (Å²) in [6, 6.07) is 7.83. The van der Waals surface area contributed by atoms with Gasteiger partial charge >= 0.3 is 0 Å². The van der Waals surface area contributed by atoms with Crippen LogP contribution >= 0.6 is 11.6 Å². The van der Waals surface area contributed by atoms with E-state index in [1.54, 1.807) is 6.92 Å². The van der Waals surface area contributed by atoms with Crippen molar-refractivity contribution in [2.75, 3.05) is 5.32 Å². The molecule has 3 fully saturated rings. The van der Waals surface area contributed by atoms with Gasteiger partial charge in [0, 0.05) is 16.8 Å². The highest BCUT2D eigenvalue weighted by Gasteiger charge is 2.61. The number of aliphatic hydroxyl groups excluding tert-OH is 1. The highest BCUT2D eigenvalue weighted by molar-refractivity contribution is 7.92. The van der Waals surface area contributed by atoms with E-state index in [-0.39, 0.29) is 44.5 Å². The molecule has 1 amide bonds. The van der Waals surface area contributed by atoms with Crippen molar-refractivity contribution in [3.63, 3.8) is 0 Å². The average Bonchev–Trinajstić information content (AvgIpc) is 2.75. The molecule has 2 atom stereocenters. The molecule has 3 saturated carbocycles. The van der Waals surface area contributed by atoms with Crippen LogP contribution < -0.4 is 5.32 Å². The van der Waals surface area contributed by atoms with Gasteiger partial charge in [-0.2, -0.15) is 0 Å². The molecule has 0 saturated heterocycles. The van der Waals surface area contributed by atoms with Crippen molar-refractivity contribution in [2.24, 2.45) is 17.8 Å². The maximum absolute atomic E-state index is 13.6. The molecule has 3 N–H and O–H groups in total. The van der Waals surface area contributed by atoms with Crippen LogP contribution in [-0.2, 0) is 16.4 Å². The van der Waals surface area contributed by atoms with E-state index in [9.17, 15) is 27.8 Å². The first-order valence-electron chi connectivity index (χ1n) is 10.4. The average molecular weight is 482 g/mol. The largest absolute Gasteiger partial charge is 0.392 e. The first kappa shape index (κ1) is 23.2. The molecule has 3 aliphatic carbocycles. The Kier molecular flexibility index (Phi) is 5.86. The van der Waals surface area contributed by atoms with Gasteiger partial charge in [0.15, 0.2) is 9.84 Å². The third-order valence-corrected chi connectivity index (χ3v) is 9.87. The number of carbonyl (C=O) groups excluding carboxylic acids is 1. The number of rotatable bonds is 5. The molecule has 2 bridgehead atoms. The van der Waals surface area contributed by atoms with Gasteiger partial charge in [-0.05, 0) is 73.9 Å². The smallest absolute Gasteiger partial charge is 0.255 e. The molecule has 9 heteroatoms. The van der Waals surface area contributed by atoms with Crippen LogP contribution in [0.3, 0.4) is 0 Å². The van der Waals surface area contributed by atoms with E-state index in [0.29, 0.717) is 12.8 Å². The second-order valence-corrected chi connectivity index (χ2v) is 11.6. The van der Waals surface area contributed by atoms with Gasteiger partial charge in [0.1, 0.15) is 5.82 Å². The van der Waals surface area contributed by atoms with Gasteiger partial charge in [-0.25, -0.2) is 12.8 Å². The van der Waals surface area contributed by atoms with Gasteiger partial charge in [-0.1, -0.05) is 18.5 Å². The molecule has 0 radical (unpaired) electrons. The van der Waals surface area contributed by atoms with Crippen molar-refractivity contribution < 1.29 is 27.8 Å². The van der Waals surface area contributed by atoms with E-state index in [0.717, 1.165) is 6.07 Å². The van der Waals surface area contributed by atoms with E-state index in [1.165, 1.54) is 30.3 Å². The summed E-state index contributed by atoms with van der Waals surface area (Å²) in [6.07, 6.45) is 0.693. The molecule has 0 heterocycles. The fraction of sp³-hybridized carbons (Fsp3) is 0.435. The molecule has 2 aromatic carbocycles. The van der Waals surface area contributed by atoms with Crippen molar-refractivity contribution in [3.8, 4) is 0 Å². The Bertz CT molecular complexity index is 1170. The number of carbonyl (C=O) groups is 1. The fourth-order valence-electron chi connectivity index (χ4n) is 5.34. The molecule has 0 aromatic heterocycles. The molecular weight excluding hydrogens is 457 g/mol. The summed E-state index contributed by atoms with van der Waals surface area (Å²) in [4.78, 5) is 12.6. The Balaban J connectivity index is 1.58. The lowest BCUT2D eigenvalue weighted by molar-refractivity contribution is -0.204. The van der Waals surface area contributed by atoms with Gasteiger partial charge in [-0.3, -0.25) is 4.79 Å². The third-order valence-electron chi connectivity index (χ3n) is 7.22. The van der Waals surface area contributed by atoms with Gasteiger partial charge in [0.2, 0.25) is 0 Å². The first-order valence-corrected chi connectivity index (χ1v) is 12.4. The summed E-state index contributed by atoms with van der Waals surface area (Å²) in [5.41, 5.74) is -0.463. The quantitative estimate of drug-likeness (QED) is 0.602. The standard InChI is InChI=1S/C23H25ClFNO5S/c1-12-17-9-16(10-18(12)23(17,2)29)32(30,31)21-8-13(3-5-19(21)24)22(28)26-15-4-6-20(25)14(7-15)11-27/h3-8,12,16-18,27,29H,9-11H2,1-2H3,(H,26,28). The Hall–Kier alpha value is -2.00. The molecule has 5 rings (SSSR count). The number of sulfone groups is 1. The maximum Gasteiger partial charge on any atom is 0.255 e. The van der Waals surface area contributed by atoms with E-state index in [1.807, 2.05) is 6.92 Å². The summed E-state index contributed by atoms with van der Waals surface area (Å²) < 4.78 is 40.3. The lowest BCUT2D eigenvalue weighted by atomic mass is 9.48. The summed E-state index contributed by atoms with van der Waals surface area (Å²) in [6.45, 7) is 3.28. The molecule has 172 valence electrons. The fourth-order valence-corrected chi connectivity index (χ4v) is 7.69. The second-order valence-electron chi connectivity index (χ2n) is 9.00. The van der Waals surface area contributed by atoms with E-state index < -0.39 is 39.0 Å². The van der Waals surface area contributed by atoms with Crippen molar-refractivity contribution in [1.82, 2.24) is 0 Å². The molecule has 3 aliphatic rings. The Morgan fingerprint density at radius 1 is 1.22 bits per heavy atom. The topological polar surface area (TPSA) is 104 Å². The van der Waals surface area contributed by atoms with Crippen LogP contribution in [0.4, 0.5) is 10.1 Å². The molecular formula is C23H25ClFNO5S. The summed E-state index contributed by atoms with van der Waals surface area (Å²) >= 11 is 6.22. The van der Waals surface area contributed by atoms with Crippen LogP contribution in [0.5, 0.6) is 0 Å². The monoisotopic (exact) mass is 481 g/mol. The molecule has 2 unspecified atom stereocenters. The second kappa shape index (κ2) is 8.09. The van der Waals surface area contributed by atoms with Gasteiger partial charge in [-0.15, -0.1) is 0 Å². The van der Waals surface area contributed by atoms with Gasteiger partial charge in [0.05, 0.1) is 27.4 Å². The molecule has 0 aliphatic heterocycles. The highest BCUT2D eigenvalue weighted by Crippen LogP contribution is 2.59. The normalized spacial score (nSPS) is 29.3. The number of nitrogens with one attached hydrogen (secondary N) is 1. The minimum Gasteiger partial charge on any atom is -0.392 e. The van der Waals surface area contributed by atoms with E-state index in [4.69, 9.17) is 11.6 Å². The minimum atomic E-state index is -3.82. The predicted molar refractivity (Wildman–Crippen MR) is 119 cm³/mol. The summed E-state index contributed by atoms with van der Waals surface area (Å²) in [7, 11) is -3.82. The van der Waals surface area contributed by atoms with E-state index in [2.05, 4.69) is 5.32 Å². The zero-order valence-corrected chi connectivity index (χ0v) is 19.3. The summed E-state index contributed by atoms with van der Waals surface area (Å²) in [5, 5.41) is 21.7. The van der Waals surface area contributed by atoms with Crippen LogP contribution in [0.2, 0.25) is 5.02 Å². The molecule has 2 aromatic rings. The minimum absolute atomic E-state index is 0.0307. The number of amides is 1. The van der Waals surface area contributed by atoms with Crippen molar-refractivity contribution >= 4 is 33.0 Å². The number of benzene rings is 2. The van der Waals surface area contributed by atoms with Crippen molar-refractivity contribution in [1.29, 1.82) is 0 Å². The first-order chi connectivity index (χ1) is 15.0. The molecule has 6 nitrogen and oxygen atoms in total. The SMILES string of the molecule is CC1C2CC(S(=O)(=O)c3cc(C(=O)Nc4ccc(F)c(CO)c4)ccc3Cl)CC1C2(C)O. The number of hydrogen-bond acceptors (Lipinski definition) is 5. The van der Waals surface area contributed by atoms with Crippen molar-refractivity contribution in [3.05, 3.63) is 58.4 Å². The van der Waals surface area contributed by atoms with Crippen LogP contribution in [0.1, 0.15) is 42.6 Å². The van der Waals surface area contributed by atoms with Gasteiger partial charge in [0.25, 0.3) is 5.91 Å². The predicted octanol–water partition coefficient (Wildman–Crippen LogP) is 3.79. The summed E-state index contributed by atoms with van der Waals surface area (Å²) in [5.74, 6) is -1.10. The van der Waals surface area contributed by atoms with Gasteiger partial charge < -0.3 is 15.5 Å². The van der Waals surface area contributed by atoms with Crippen LogP contribution in [0, 0.1) is 23.6 Å². The zero-order valence-electron chi connectivity index (χ0n) is 17.7. The van der Waals surface area contributed by atoms with Crippen LogP contribution in [-0.4, -0.2) is 35.4 Å². The maximum atomic E-state index is 13.6. The van der Waals surface area contributed by atoms with Crippen LogP contribution in [0.15, 0.2) is 41.3 Å². The molecule has 0 spiro atoms.